The first-order valence-corrected chi connectivity index (χ1v) is 11.4. The molecule has 1 spiro atoms. The van der Waals surface area contributed by atoms with Crippen LogP contribution in [0.1, 0.15) is 52.0 Å². The molecule has 0 unspecified atom stereocenters. The fraction of sp³-hybridized carbons (Fsp3) is 0.269. The summed E-state index contributed by atoms with van der Waals surface area (Å²) in [5.74, 6) is 0.431. The van der Waals surface area contributed by atoms with Gasteiger partial charge in [0, 0.05) is 41.9 Å². The lowest BCUT2D eigenvalue weighted by Gasteiger charge is -2.38. The van der Waals surface area contributed by atoms with Crippen LogP contribution in [0.2, 0.25) is 0 Å². The van der Waals surface area contributed by atoms with E-state index in [0.29, 0.717) is 58.2 Å². The van der Waals surface area contributed by atoms with Gasteiger partial charge >= 0.3 is 5.97 Å². The summed E-state index contributed by atoms with van der Waals surface area (Å²) >= 11 is 0. The van der Waals surface area contributed by atoms with E-state index in [4.69, 9.17) is 9.47 Å². The topological polar surface area (TPSA) is 101 Å². The molecule has 0 atom stereocenters. The maximum absolute atomic E-state index is 13.1. The summed E-state index contributed by atoms with van der Waals surface area (Å²) in [6.45, 7) is 8.16. The molecule has 0 fully saturated rings. The SMILES string of the molecule is CCN(N=O)c1cc2c(cc1C)C1(OC(=O)c3ccccc31)c1cc(C)c(N(CC)N=O)cc1O2. The highest BCUT2D eigenvalue weighted by Gasteiger charge is 2.54. The number of aryl methyl sites for hydroxylation is 2. The molecule has 0 amide bonds. The molecule has 2 heterocycles. The minimum absolute atomic E-state index is 0.377. The Kier molecular flexibility index (Phi) is 5.27. The van der Waals surface area contributed by atoms with Gasteiger partial charge in [-0.3, -0.25) is 0 Å². The summed E-state index contributed by atoms with van der Waals surface area (Å²) in [6.07, 6.45) is 0. The van der Waals surface area contributed by atoms with Crippen LogP contribution in [0.3, 0.4) is 0 Å². The Labute approximate surface area is 202 Å². The highest BCUT2D eigenvalue weighted by Crippen LogP contribution is 2.57. The van der Waals surface area contributed by atoms with Crippen LogP contribution >= 0.6 is 0 Å². The van der Waals surface area contributed by atoms with Crippen molar-refractivity contribution >= 4 is 17.3 Å². The van der Waals surface area contributed by atoms with Crippen molar-refractivity contribution in [1.82, 2.24) is 0 Å². The number of benzene rings is 3. The summed E-state index contributed by atoms with van der Waals surface area (Å²) in [4.78, 5) is 36.0. The molecule has 178 valence electrons. The largest absolute Gasteiger partial charge is 0.456 e. The number of carbonyl (C=O) groups is 1. The Morgan fingerprint density at radius 2 is 1.31 bits per heavy atom. The van der Waals surface area contributed by atoms with Gasteiger partial charge in [-0.15, -0.1) is 9.81 Å². The quantitative estimate of drug-likeness (QED) is 0.251. The minimum Gasteiger partial charge on any atom is -0.456 e. The lowest BCUT2D eigenvalue weighted by molar-refractivity contribution is 0.0224. The van der Waals surface area contributed by atoms with Gasteiger partial charge in [-0.25, -0.2) is 14.8 Å². The molecule has 0 saturated carbocycles. The van der Waals surface area contributed by atoms with E-state index in [1.165, 1.54) is 10.0 Å². The zero-order valence-electron chi connectivity index (χ0n) is 19.9. The monoisotopic (exact) mass is 472 g/mol. The minimum atomic E-state index is -1.25. The van der Waals surface area contributed by atoms with Crippen molar-refractivity contribution in [1.29, 1.82) is 0 Å². The van der Waals surface area contributed by atoms with E-state index in [1.54, 1.807) is 24.3 Å². The number of hydrogen-bond acceptors (Lipinski definition) is 7. The molecule has 0 N–H and O–H groups in total. The van der Waals surface area contributed by atoms with E-state index >= 15 is 0 Å². The molecular formula is C26H24N4O5. The van der Waals surface area contributed by atoms with E-state index < -0.39 is 11.6 Å². The Balaban J connectivity index is 1.84. The third-order valence-electron chi connectivity index (χ3n) is 6.70. The molecular weight excluding hydrogens is 448 g/mol. The van der Waals surface area contributed by atoms with Gasteiger partial charge < -0.3 is 9.47 Å². The van der Waals surface area contributed by atoms with Gasteiger partial charge in [0.1, 0.15) is 11.5 Å². The number of carbonyl (C=O) groups excluding carboxylic acids is 1. The van der Waals surface area contributed by atoms with Gasteiger partial charge in [-0.1, -0.05) is 18.2 Å². The summed E-state index contributed by atoms with van der Waals surface area (Å²) in [5.41, 5.74) is 3.99. The van der Waals surface area contributed by atoms with Gasteiger partial charge in [0.2, 0.25) is 0 Å². The second-order valence-corrected chi connectivity index (χ2v) is 8.58. The number of esters is 1. The molecule has 35 heavy (non-hydrogen) atoms. The third-order valence-corrected chi connectivity index (χ3v) is 6.70. The van der Waals surface area contributed by atoms with Crippen LogP contribution in [0, 0.1) is 23.7 Å². The number of nitrogens with zero attached hydrogens (tertiary/aromatic N) is 4. The maximum Gasteiger partial charge on any atom is 0.340 e. The van der Waals surface area contributed by atoms with Gasteiger partial charge in [0.15, 0.2) is 5.60 Å². The lowest BCUT2D eigenvalue weighted by Crippen LogP contribution is -2.34. The highest BCUT2D eigenvalue weighted by molar-refractivity contribution is 5.97. The van der Waals surface area contributed by atoms with Crippen LogP contribution in [-0.2, 0) is 10.3 Å². The smallest absolute Gasteiger partial charge is 0.340 e. The zero-order chi connectivity index (χ0) is 24.9. The van der Waals surface area contributed by atoms with Crippen molar-refractivity contribution in [2.24, 2.45) is 10.6 Å². The molecule has 9 nitrogen and oxygen atoms in total. The predicted octanol–water partition coefficient (Wildman–Crippen LogP) is 5.89. The number of hydrogen-bond donors (Lipinski definition) is 0. The summed E-state index contributed by atoms with van der Waals surface area (Å²) in [7, 11) is 0. The second-order valence-electron chi connectivity index (χ2n) is 8.58. The van der Waals surface area contributed by atoms with Crippen LogP contribution in [0.25, 0.3) is 0 Å². The van der Waals surface area contributed by atoms with Gasteiger partial charge in [-0.05, 0) is 57.0 Å². The first-order valence-electron chi connectivity index (χ1n) is 11.4. The van der Waals surface area contributed by atoms with Gasteiger partial charge in [0.25, 0.3) is 0 Å². The molecule has 0 saturated heterocycles. The molecule has 0 aliphatic carbocycles. The van der Waals surface area contributed by atoms with Crippen molar-refractivity contribution in [2.45, 2.75) is 33.3 Å². The van der Waals surface area contributed by atoms with Gasteiger partial charge in [0.05, 0.1) is 27.5 Å². The van der Waals surface area contributed by atoms with Crippen molar-refractivity contribution < 1.29 is 14.3 Å². The van der Waals surface area contributed by atoms with Crippen molar-refractivity contribution in [2.75, 3.05) is 23.1 Å². The number of fused-ring (bicyclic) bond motifs is 6. The normalized spacial score (nSPS) is 14.3. The Hall–Kier alpha value is -4.27. The van der Waals surface area contributed by atoms with Crippen LogP contribution in [0.15, 0.2) is 59.1 Å². The molecule has 0 aromatic heterocycles. The summed E-state index contributed by atoms with van der Waals surface area (Å²) in [6, 6.07) is 14.5. The molecule has 3 aromatic rings. The number of rotatable bonds is 6. The Morgan fingerprint density at radius 1 is 0.800 bits per heavy atom. The highest BCUT2D eigenvalue weighted by atomic mass is 16.6. The molecule has 9 heteroatoms. The van der Waals surface area contributed by atoms with E-state index in [1.807, 2.05) is 52.0 Å². The first-order chi connectivity index (χ1) is 16.9. The maximum atomic E-state index is 13.1. The Morgan fingerprint density at radius 3 is 1.80 bits per heavy atom. The first kappa shape index (κ1) is 22.5. The number of ether oxygens (including phenoxy) is 2. The molecule has 2 aliphatic heterocycles. The Bertz CT molecular complexity index is 1310. The van der Waals surface area contributed by atoms with Crippen LogP contribution in [0.5, 0.6) is 11.5 Å². The van der Waals surface area contributed by atoms with Gasteiger partial charge in [-0.2, -0.15) is 0 Å². The molecule has 5 rings (SSSR count). The standard InChI is InChI=1S/C26H24N4O5/c1-5-29(27-32)21-13-23-19(11-15(21)3)26(18-10-8-7-9-17(18)25(31)35-26)20-12-16(4)22(14-24(20)34-23)30(6-2)28-33/h7-14H,5-6H2,1-4H3. The fourth-order valence-electron chi connectivity index (χ4n) is 5.05. The van der Waals surface area contributed by atoms with Crippen molar-refractivity contribution in [3.05, 3.63) is 91.7 Å². The fourth-order valence-corrected chi connectivity index (χ4v) is 5.05. The lowest BCUT2D eigenvalue weighted by atomic mass is 9.76. The average molecular weight is 473 g/mol. The van der Waals surface area contributed by atoms with Crippen LogP contribution in [-0.4, -0.2) is 19.1 Å². The molecule has 3 aromatic carbocycles. The van der Waals surface area contributed by atoms with Crippen molar-refractivity contribution in [3.8, 4) is 11.5 Å². The molecule has 0 radical (unpaired) electrons. The third kappa shape index (κ3) is 3.11. The average Bonchev–Trinajstić information content (AvgIpc) is 3.16. The van der Waals surface area contributed by atoms with E-state index in [2.05, 4.69) is 10.6 Å². The van der Waals surface area contributed by atoms with E-state index in [0.717, 1.165) is 11.1 Å². The van der Waals surface area contributed by atoms with Crippen LogP contribution < -0.4 is 14.8 Å². The van der Waals surface area contributed by atoms with E-state index in [9.17, 15) is 14.6 Å². The second kappa shape index (κ2) is 8.19. The summed E-state index contributed by atoms with van der Waals surface area (Å²) < 4.78 is 12.6. The number of nitroso groups, excluding NO2 is 2. The zero-order valence-corrected chi connectivity index (χ0v) is 19.9. The molecule has 0 bridgehead atoms. The molecule has 2 aliphatic rings. The summed E-state index contributed by atoms with van der Waals surface area (Å²) in [5, 5.41) is 8.93. The van der Waals surface area contributed by atoms with Crippen molar-refractivity contribution in [3.63, 3.8) is 0 Å². The van der Waals surface area contributed by atoms with E-state index in [-0.39, 0.29) is 0 Å². The van der Waals surface area contributed by atoms with Crippen LogP contribution in [0.4, 0.5) is 11.4 Å². The predicted molar refractivity (Wildman–Crippen MR) is 132 cm³/mol. The number of anilines is 2.